The van der Waals surface area contributed by atoms with E-state index in [4.69, 9.17) is 5.73 Å². The van der Waals surface area contributed by atoms with Crippen molar-refractivity contribution < 1.29 is 0 Å². The average molecular weight is 259 g/mol. The van der Waals surface area contributed by atoms with Gasteiger partial charge < -0.3 is 5.73 Å². The molecule has 2 aromatic heterocycles. The van der Waals surface area contributed by atoms with Crippen molar-refractivity contribution in [1.82, 2.24) is 19.8 Å². The number of fused-ring (bicyclic) bond motifs is 1. The van der Waals surface area contributed by atoms with E-state index >= 15 is 0 Å². The standard InChI is InChI=1S/C11H9N5OS/c12-8-3-1-7(2-4-8)5-9-15-16-10(17)6-13-14-11(16)18-9/h1-4,6H,5,12H2. The Morgan fingerprint density at radius 2 is 2.06 bits per heavy atom. The lowest BCUT2D eigenvalue weighted by molar-refractivity contribution is 0.832. The van der Waals surface area contributed by atoms with Crippen LogP contribution in [0, 0.1) is 0 Å². The van der Waals surface area contributed by atoms with Crippen molar-refractivity contribution in [2.24, 2.45) is 0 Å². The molecule has 90 valence electrons. The van der Waals surface area contributed by atoms with Gasteiger partial charge in [-0.2, -0.15) is 14.7 Å². The van der Waals surface area contributed by atoms with Gasteiger partial charge in [0, 0.05) is 12.1 Å². The van der Waals surface area contributed by atoms with Gasteiger partial charge in [0.1, 0.15) is 11.2 Å². The van der Waals surface area contributed by atoms with Gasteiger partial charge in [0.25, 0.3) is 5.56 Å². The first kappa shape index (κ1) is 10.8. The summed E-state index contributed by atoms with van der Waals surface area (Å²) in [4.78, 5) is 12.0. The maximum atomic E-state index is 11.5. The Labute approximate surface area is 106 Å². The molecule has 2 N–H and O–H groups in total. The second-order valence-electron chi connectivity index (χ2n) is 3.79. The molecule has 0 aliphatic heterocycles. The third-order valence-electron chi connectivity index (χ3n) is 2.46. The van der Waals surface area contributed by atoms with E-state index in [0.717, 1.165) is 22.5 Å². The first-order valence-electron chi connectivity index (χ1n) is 5.27. The second kappa shape index (κ2) is 4.19. The van der Waals surface area contributed by atoms with Gasteiger partial charge in [-0.15, -0.1) is 5.10 Å². The highest BCUT2D eigenvalue weighted by Gasteiger charge is 2.07. The lowest BCUT2D eigenvalue weighted by atomic mass is 10.1. The monoisotopic (exact) mass is 259 g/mol. The van der Waals surface area contributed by atoms with E-state index in [1.807, 2.05) is 24.3 Å². The van der Waals surface area contributed by atoms with Gasteiger partial charge in [-0.05, 0) is 17.7 Å². The predicted molar refractivity (Wildman–Crippen MR) is 68.6 cm³/mol. The van der Waals surface area contributed by atoms with E-state index < -0.39 is 0 Å². The molecule has 1 aromatic carbocycles. The van der Waals surface area contributed by atoms with Crippen LogP contribution in [0.15, 0.2) is 35.3 Å². The largest absolute Gasteiger partial charge is 0.399 e. The molecule has 0 bridgehead atoms. The highest BCUT2D eigenvalue weighted by molar-refractivity contribution is 7.16. The van der Waals surface area contributed by atoms with Crippen LogP contribution < -0.4 is 11.3 Å². The molecule has 0 unspecified atom stereocenters. The van der Waals surface area contributed by atoms with Crippen molar-refractivity contribution in [3.05, 3.63) is 51.4 Å². The minimum Gasteiger partial charge on any atom is -0.399 e. The fourth-order valence-electron chi connectivity index (χ4n) is 1.59. The SMILES string of the molecule is Nc1ccc(Cc2nn3c(=O)cnnc3s2)cc1. The van der Waals surface area contributed by atoms with Gasteiger partial charge in [-0.1, -0.05) is 23.5 Å². The molecule has 0 saturated carbocycles. The number of anilines is 1. The van der Waals surface area contributed by atoms with Crippen LogP contribution in [-0.2, 0) is 6.42 Å². The van der Waals surface area contributed by atoms with E-state index in [9.17, 15) is 4.79 Å². The topological polar surface area (TPSA) is 86.2 Å². The number of aromatic nitrogens is 4. The molecular formula is C11H9N5OS. The highest BCUT2D eigenvalue weighted by Crippen LogP contribution is 2.15. The third-order valence-corrected chi connectivity index (χ3v) is 3.36. The molecule has 7 heteroatoms. The van der Waals surface area contributed by atoms with Crippen LogP contribution >= 0.6 is 11.3 Å². The summed E-state index contributed by atoms with van der Waals surface area (Å²) < 4.78 is 1.27. The van der Waals surface area contributed by atoms with Crippen molar-refractivity contribution in [2.75, 3.05) is 5.73 Å². The number of hydrogen-bond acceptors (Lipinski definition) is 6. The van der Waals surface area contributed by atoms with Gasteiger partial charge >= 0.3 is 0 Å². The Hall–Kier alpha value is -2.28. The lowest BCUT2D eigenvalue weighted by Gasteiger charge is -1.97. The summed E-state index contributed by atoms with van der Waals surface area (Å²) in [6.07, 6.45) is 1.80. The lowest BCUT2D eigenvalue weighted by Crippen LogP contribution is -2.14. The molecule has 3 rings (SSSR count). The van der Waals surface area contributed by atoms with Crippen LogP contribution in [0.4, 0.5) is 5.69 Å². The van der Waals surface area contributed by atoms with Crippen LogP contribution in [0.3, 0.4) is 0 Å². The summed E-state index contributed by atoms with van der Waals surface area (Å²) in [6, 6.07) is 7.56. The number of hydrogen-bond donors (Lipinski definition) is 1. The Morgan fingerprint density at radius 1 is 1.28 bits per heavy atom. The third kappa shape index (κ3) is 1.95. The number of nitrogens with two attached hydrogens (primary N) is 1. The molecule has 6 nitrogen and oxygen atoms in total. The zero-order valence-electron chi connectivity index (χ0n) is 9.28. The second-order valence-corrected chi connectivity index (χ2v) is 4.83. The fraction of sp³-hybridized carbons (Fsp3) is 0.0909. The van der Waals surface area contributed by atoms with Gasteiger partial charge in [-0.3, -0.25) is 4.79 Å². The average Bonchev–Trinajstić information content (AvgIpc) is 2.76. The van der Waals surface area contributed by atoms with E-state index in [1.54, 1.807) is 0 Å². The van der Waals surface area contributed by atoms with Crippen LogP contribution in [0.25, 0.3) is 4.96 Å². The highest BCUT2D eigenvalue weighted by atomic mass is 32.1. The Morgan fingerprint density at radius 3 is 2.78 bits per heavy atom. The summed E-state index contributed by atoms with van der Waals surface area (Å²) in [7, 11) is 0. The fourth-order valence-corrected chi connectivity index (χ4v) is 2.47. The van der Waals surface area contributed by atoms with Crippen molar-refractivity contribution in [2.45, 2.75) is 6.42 Å². The van der Waals surface area contributed by atoms with Crippen molar-refractivity contribution in [3.8, 4) is 0 Å². The molecule has 0 saturated heterocycles. The summed E-state index contributed by atoms with van der Waals surface area (Å²) in [6.45, 7) is 0. The molecule has 2 heterocycles. The summed E-state index contributed by atoms with van der Waals surface area (Å²) in [5.41, 5.74) is 7.17. The Kier molecular flexibility index (Phi) is 2.52. The first-order valence-corrected chi connectivity index (χ1v) is 6.09. The van der Waals surface area contributed by atoms with Gasteiger partial charge in [0.15, 0.2) is 0 Å². The van der Waals surface area contributed by atoms with Crippen LogP contribution in [-0.4, -0.2) is 19.8 Å². The van der Waals surface area contributed by atoms with Gasteiger partial charge in [-0.25, -0.2) is 0 Å². The van der Waals surface area contributed by atoms with E-state index in [2.05, 4.69) is 15.3 Å². The molecule has 18 heavy (non-hydrogen) atoms. The molecular weight excluding hydrogens is 250 g/mol. The molecule has 0 radical (unpaired) electrons. The van der Waals surface area contributed by atoms with E-state index in [0.29, 0.717) is 11.4 Å². The van der Waals surface area contributed by atoms with Crippen LogP contribution in [0.2, 0.25) is 0 Å². The molecule has 0 aliphatic rings. The minimum absolute atomic E-state index is 0.264. The first-order chi connectivity index (χ1) is 8.72. The molecule has 0 spiro atoms. The van der Waals surface area contributed by atoms with Crippen molar-refractivity contribution >= 4 is 22.0 Å². The number of rotatable bonds is 2. The predicted octanol–water partition coefficient (Wildman–Crippen LogP) is 0.719. The number of nitrogens with zero attached hydrogens (tertiary/aromatic N) is 4. The zero-order chi connectivity index (χ0) is 12.5. The maximum absolute atomic E-state index is 11.5. The maximum Gasteiger partial charge on any atom is 0.293 e. The number of nitrogen functional groups attached to an aromatic ring is 1. The van der Waals surface area contributed by atoms with Gasteiger partial charge in [0.05, 0.1) is 0 Å². The molecule has 0 amide bonds. The molecule has 3 aromatic rings. The van der Waals surface area contributed by atoms with E-state index in [-0.39, 0.29) is 5.56 Å². The minimum atomic E-state index is -0.264. The Balaban J connectivity index is 1.98. The van der Waals surface area contributed by atoms with Crippen molar-refractivity contribution in [3.63, 3.8) is 0 Å². The molecule has 0 aliphatic carbocycles. The zero-order valence-corrected chi connectivity index (χ0v) is 10.1. The smallest absolute Gasteiger partial charge is 0.293 e. The molecule has 0 fully saturated rings. The summed E-state index contributed by atoms with van der Waals surface area (Å²) >= 11 is 1.36. The Bertz CT molecular complexity index is 746. The quantitative estimate of drug-likeness (QED) is 0.685. The van der Waals surface area contributed by atoms with Crippen LogP contribution in [0.1, 0.15) is 10.6 Å². The van der Waals surface area contributed by atoms with Gasteiger partial charge in [0.2, 0.25) is 4.96 Å². The number of benzene rings is 1. The van der Waals surface area contributed by atoms with Crippen LogP contribution in [0.5, 0.6) is 0 Å². The summed E-state index contributed by atoms with van der Waals surface area (Å²) in [5.74, 6) is 0. The normalized spacial score (nSPS) is 10.9. The summed E-state index contributed by atoms with van der Waals surface area (Å²) in [5, 5.41) is 12.5. The molecule has 0 atom stereocenters. The van der Waals surface area contributed by atoms with Crippen molar-refractivity contribution in [1.29, 1.82) is 0 Å². The van der Waals surface area contributed by atoms with E-state index in [1.165, 1.54) is 15.9 Å².